The molecule has 1 N–H and O–H groups in total. The van der Waals surface area contributed by atoms with Crippen LogP contribution in [0.1, 0.15) is 50.7 Å². The first-order valence-electron chi connectivity index (χ1n) is 8.28. The Kier molecular flexibility index (Phi) is 5.53. The Morgan fingerprint density at radius 1 is 1.19 bits per heavy atom. The molecule has 5 nitrogen and oxygen atoms in total. The third kappa shape index (κ3) is 4.89. The van der Waals surface area contributed by atoms with Crippen molar-refractivity contribution in [3.63, 3.8) is 0 Å². The number of halogens is 3. The molecular weight excluding hydrogens is 351 g/mol. The maximum Gasteiger partial charge on any atom is 0.416 e. The molecule has 0 bridgehead atoms. The third-order valence-electron chi connectivity index (χ3n) is 4.18. The van der Waals surface area contributed by atoms with Gasteiger partial charge in [-0.25, -0.2) is 9.59 Å². The first-order chi connectivity index (χ1) is 11.9. The second kappa shape index (κ2) is 7.17. The lowest BCUT2D eigenvalue weighted by Gasteiger charge is -2.38. The van der Waals surface area contributed by atoms with Crippen molar-refractivity contribution in [2.24, 2.45) is 0 Å². The largest absolute Gasteiger partial charge is 0.480 e. The summed E-state index contributed by atoms with van der Waals surface area (Å²) in [4.78, 5) is 25.0. The molecule has 1 aromatic rings. The number of carbonyl (C=O) groups is 2. The van der Waals surface area contributed by atoms with Crippen LogP contribution < -0.4 is 0 Å². The summed E-state index contributed by atoms with van der Waals surface area (Å²) >= 11 is 0. The van der Waals surface area contributed by atoms with E-state index in [0.29, 0.717) is 12.0 Å². The number of aliphatic carboxylic acids is 1. The Morgan fingerprint density at radius 2 is 1.85 bits per heavy atom. The van der Waals surface area contributed by atoms with Gasteiger partial charge in [0.15, 0.2) is 0 Å². The lowest BCUT2D eigenvalue weighted by molar-refractivity contribution is -0.144. The molecule has 1 heterocycles. The minimum absolute atomic E-state index is 0.00676. The second-order valence-electron chi connectivity index (χ2n) is 7.38. The van der Waals surface area contributed by atoms with Crippen molar-refractivity contribution < 1.29 is 32.6 Å². The summed E-state index contributed by atoms with van der Waals surface area (Å²) in [6, 6.07) is 3.87. The number of amides is 1. The fourth-order valence-electron chi connectivity index (χ4n) is 2.99. The number of benzene rings is 1. The van der Waals surface area contributed by atoms with E-state index in [-0.39, 0.29) is 18.9 Å². The van der Waals surface area contributed by atoms with Gasteiger partial charge in [0, 0.05) is 12.5 Å². The van der Waals surface area contributed by atoms with Gasteiger partial charge in [-0.15, -0.1) is 0 Å². The van der Waals surface area contributed by atoms with E-state index in [1.807, 2.05) is 0 Å². The first-order valence-corrected chi connectivity index (χ1v) is 8.28. The predicted octanol–water partition coefficient (Wildman–Crippen LogP) is 4.27. The zero-order valence-corrected chi connectivity index (χ0v) is 14.8. The lowest BCUT2D eigenvalue weighted by Crippen LogP contribution is -2.51. The summed E-state index contributed by atoms with van der Waals surface area (Å²) in [6.07, 6.45) is -4.71. The van der Waals surface area contributed by atoms with Gasteiger partial charge >= 0.3 is 18.2 Å². The topological polar surface area (TPSA) is 66.8 Å². The van der Waals surface area contributed by atoms with Gasteiger partial charge in [0.05, 0.1) is 5.56 Å². The number of nitrogens with zero attached hydrogens (tertiary/aromatic N) is 1. The molecule has 1 saturated heterocycles. The average Bonchev–Trinajstić information content (AvgIpc) is 2.52. The van der Waals surface area contributed by atoms with E-state index in [9.17, 15) is 27.9 Å². The molecular formula is C18H22F3NO4. The molecule has 0 radical (unpaired) electrons. The van der Waals surface area contributed by atoms with Crippen molar-refractivity contribution in [3.8, 4) is 0 Å². The zero-order chi connectivity index (χ0) is 19.7. The van der Waals surface area contributed by atoms with Gasteiger partial charge in [-0.2, -0.15) is 13.2 Å². The van der Waals surface area contributed by atoms with E-state index in [2.05, 4.69) is 0 Å². The quantitative estimate of drug-likeness (QED) is 0.841. The van der Waals surface area contributed by atoms with Crippen LogP contribution in [0.5, 0.6) is 0 Å². The molecule has 2 atom stereocenters. The molecule has 144 valence electrons. The van der Waals surface area contributed by atoms with Crippen LogP contribution in [0.4, 0.5) is 18.0 Å². The molecule has 1 aliphatic rings. The maximum absolute atomic E-state index is 12.9. The second-order valence-corrected chi connectivity index (χ2v) is 7.38. The summed E-state index contributed by atoms with van der Waals surface area (Å²) < 4.78 is 44.1. The zero-order valence-electron chi connectivity index (χ0n) is 14.8. The van der Waals surface area contributed by atoms with Gasteiger partial charge < -0.3 is 9.84 Å². The Bertz CT molecular complexity index is 682. The van der Waals surface area contributed by atoms with E-state index in [1.165, 1.54) is 6.07 Å². The van der Waals surface area contributed by atoms with Crippen molar-refractivity contribution in [3.05, 3.63) is 35.4 Å². The van der Waals surface area contributed by atoms with Crippen LogP contribution in [-0.2, 0) is 15.7 Å². The first kappa shape index (κ1) is 20.1. The van der Waals surface area contributed by atoms with Gasteiger partial charge in [-0.3, -0.25) is 4.90 Å². The summed E-state index contributed by atoms with van der Waals surface area (Å²) in [6.45, 7) is 4.98. The Morgan fingerprint density at radius 3 is 2.38 bits per heavy atom. The van der Waals surface area contributed by atoms with E-state index in [4.69, 9.17) is 4.74 Å². The number of carbonyl (C=O) groups excluding carboxylic acids is 1. The van der Waals surface area contributed by atoms with Gasteiger partial charge in [0.1, 0.15) is 11.6 Å². The monoisotopic (exact) mass is 373 g/mol. The van der Waals surface area contributed by atoms with Gasteiger partial charge in [-0.1, -0.05) is 18.2 Å². The van der Waals surface area contributed by atoms with Crippen molar-refractivity contribution in [1.29, 1.82) is 0 Å². The number of alkyl halides is 3. The van der Waals surface area contributed by atoms with E-state index in [0.717, 1.165) is 17.0 Å². The molecule has 1 aromatic carbocycles. The van der Waals surface area contributed by atoms with Crippen molar-refractivity contribution >= 4 is 12.1 Å². The smallest absolute Gasteiger partial charge is 0.416 e. The molecule has 2 unspecified atom stereocenters. The summed E-state index contributed by atoms with van der Waals surface area (Å²) in [5.41, 5.74) is -1.14. The van der Waals surface area contributed by atoms with E-state index >= 15 is 0 Å². The highest BCUT2D eigenvalue weighted by atomic mass is 19.4. The molecule has 0 aliphatic carbocycles. The van der Waals surface area contributed by atoms with Gasteiger partial charge in [-0.05, 0) is 45.2 Å². The van der Waals surface area contributed by atoms with Crippen molar-refractivity contribution in [1.82, 2.24) is 4.90 Å². The SMILES string of the molecule is CC(C)(C)OC(=O)N1CC(c2cccc(C(F)(F)F)c2)CCC1C(=O)O. The fourth-order valence-corrected chi connectivity index (χ4v) is 2.99. The number of carboxylic acid groups (broad SMARTS) is 1. The van der Waals surface area contributed by atoms with E-state index < -0.39 is 35.4 Å². The standard InChI is InChI=1S/C18H22F3NO4/c1-17(2,3)26-16(25)22-10-12(7-8-14(22)15(23)24)11-5-4-6-13(9-11)18(19,20)21/h4-6,9,12,14H,7-8,10H2,1-3H3,(H,23,24). The summed E-state index contributed by atoms with van der Waals surface area (Å²) in [7, 11) is 0. The molecule has 0 saturated carbocycles. The van der Waals surface area contributed by atoms with Crippen LogP contribution in [0.3, 0.4) is 0 Å². The molecule has 8 heteroatoms. The van der Waals surface area contributed by atoms with Crippen LogP contribution in [0.2, 0.25) is 0 Å². The van der Waals surface area contributed by atoms with Crippen molar-refractivity contribution in [2.45, 2.75) is 57.3 Å². The number of likely N-dealkylation sites (tertiary alicyclic amines) is 1. The lowest BCUT2D eigenvalue weighted by atomic mass is 9.86. The van der Waals surface area contributed by atoms with Crippen molar-refractivity contribution in [2.75, 3.05) is 6.54 Å². The third-order valence-corrected chi connectivity index (χ3v) is 4.18. The van der Waals surface area contributed by atoms with E-state index in [1.54, 1.807) is 26.8 Å². The average molecular weight is 373 g/mol. The maximum atomic E-state index is 12.9. The molecule has 0 aromatic heterocycles. The summed E-state index contributed by atoms with van der Waals surface area (Å²) in [5.74, 6) is -1.54. The number of piperidine rings is 1. The van der Waals surface area contributed by atoms with Gasteiger partial charge in [0.2, 0.25) is 0 Å². The van der Waals surface area contributed by atoms with Gasteiger partial charge in [0.25, 0.3) is 0 Å². The molecule has 0 spiro atoms. The number of hydrogen-bond acceptors (Lipinski definition) is 3. The molecule has 1 aliphatic heterocycles. The minimum Gasteiger partial charge on any atom is -0.480 e. The number of carboxylic acids is 1. The van der Waals surface area contributed by atoms with Crippen LogP contribution >= 0.6 is 0 Å². The Labute approximate surface area is 149 Å². The Balaban J connectivity index is 2.26. The minimum atomic E-state index is -4.46. The molecule has 1 amide bonds. The number of ether oxygens (including phenoxy) is 1. The number of rotatable bonds is 2. The normalized spacial score (nSPS) is 21.4. The van der Waals surface area contributed by atoms with Crippen LogP contribution in [-0.4, -0.2) is 40.3 Å². The molecule has 26 heavy (non-hydrogen) atoms. The van der Waals surface area contributed by atoms with Crippen LogP contribution in [0, 0.1) is 0 Å². The number of hydrogen-bond donors (Lipinski definition) is 1. The van der Waals surface area contributed by atoms with Crippen LogP contribution in [0.15, 0.2) is 24.3 Å². The molecule has 2 rings (SSSR count). The fraction of sp³-hybridized carbons (Fsp3) is 0.556. The Hall–Kier alpha value is -2.25. The summed E-state index contributed by atoms with van der Waals surface area (Å²) in [5, 5.41) is 9.37. The highest BCUT2D eigenvalue weighted by molar-refractivity contribution is 5.80. The highest BCUT2D eigenvalue weighted by Crippen LogP contribution is 2.35. The van der Waals surface area contributed by atoms with Crippen LogP contribution in [0.25, 0.3) is 0 Å². The predicted molar refractivity (Wildman–Crippen MR) is 87.8 cm³/mol. The highest BCUT2D eigenvalue weighted by Gasteiger charge is 2.39. The molecule has 1 fully saturated rings.